The van der Waals surface area contributed by atoms with Gasteiger partial charge in [-0.05, 0) is 48.5 Å². The van der Waals surface area contributed by atoms with E-state index in [0.29, 0.717) is 12.5 Å². The van der Waals surface area contributed by atoms with Gasteiger partial charge in [0.2, 0.25) is 0 Å². The van der Waals surface area contributed by atoms with Crippen LogP contribution in [0.15, 0.2) is 0 Å². The van der Waals surface area contributed by atoms with Crippen molar-refractivity contribution in [3.63, 3.8) is 0 Å². The third-order valence-electron chi connectivity index (χ3n) is 3.18. The van der Waals surface area contributed by atoms with Crippen molar-refractivity contribution in [1.82, 2.24) is 0 Å². The minimum Gasteiger partial charge on any atom is -0.373 e. The molecule has 1 aliphatic rings. The summed E-state index contributed by atoms with van der Waals surface area (Å²) < 4.78 is 18.0. The lowest BCUT2D eigenvalue weighted by molar-refractivity contribution is -0.130. The van der Waals surface area contributed by atoms with Gasteiger partial charge < -0.3 is 14.2 Å². The van der Waals surface area contributed by atoms with Gasteiger partial charge in [0.1, 0.15) is 6.10 Å². The molecule has 0 bridgehead atoms. The predicted octanol–water partition coefficient (Wildman–Crippen LogP) is 3.41. The molecule has 3 nitrogen and oxygen atoms in total. The molecule has 1 heterocycles. The molecule has 1 unspecified atom stereocenters. The Morgan fingerprint density at radius 1 is 0.944 bits per heavy atom. The molecule has 0 aliphatic carbocycles. The number of hydrogen-bond donors (Lipinski definition) is 0. The largest absolute Gasteiger partial charge is 0.373 e. The fraction of sp³-hybridized carbons (Fsp3) is 1.00. The lowest BCUT2D eigenvalue weighted by Gasteiger charge is -2.31. The average Bonchev–Trinajstić information content (AvgIpc) is 2.39. The van der Waals surface area contributed by atoms with Gasteiger partial charge in [-0.2, -0.15) is 0 Å². The van der Waals surface area contributed by atoms with Crippen molar-refractivity contribution < 1.29 is 14.2 Å². The second-order valence-electron chi connectivity index (χ2n) is 7.36. The molecule has 1 fully saturated rings. The summed E-state index contributed by atoms with van der Waals surface area (Å²) in [4.78, 5) is 0. The summed E-state index contributed by atoms with van der Waals surface area (Å²) in [6, 6.07) is 0. The van der Waals surface area contributed by atoms with Crippen molar-refractivity contribution in [2.75, 3.05) is 6.61 Å². The van der Waals surface area contributed by atoms with E-state index in [9.17, 15) is 0 Å². The van der Waals surface area contributed by atoms with Crippen LogP contribution in [-0.2, 0) is 14.2 Å². The van der Waals surface area contributed by atoms with Gasteiger partial charge in [-0.1, -0.05) is 6.92 Å². The molecule has 0 aromatic carbocycles. The Morgan fingerprint density at radius 3 is 1.94 bits per heavy atom. The van der Waals surface area contributed by atoms with Crippen molar-refractivity contribution in [3.8, 4) is 0 Å². The van der Waals surface area contributed by atoms with Crippen LogP contribution in [0.2, 0.25) is 0 Å². The lowest BCUT2D eigenvalue weighted by Crippen LogP contribution is -2.40. The van der Waals surface area contributed by atoms with Crippen molar-refractivity contribution >= 4 is 0 Å². The molecule has 0 amide bonds. The van der Waals surface area contributed by atoms with Gasteiger partial charge in [-0.15, -0.1) is 0 Å². The fourth-order valence-electron chi connectivity index (χ4n) is 2.14. The molecule has 1 aliphatic heterocycles. The molecule has 1 saturated heterocycles. The summed E-state index contributed by atoms with van der Waals surface area (Å²) in [7, 11) is 0. The zero-order valence-electron chi connectivity index (χ0n) is 13.2. The number of hydrogen-bond acceptors (Lipinski definition) is 3. The minimum absolute atomic E-state index is 0.0356. The third kappa shape index (κ3) is 4.87. The predicted molar refractivity (Wildman–Crippen MR) is 73.8 cm³/mol. The number of ether oxygens (including phenoxy) is 3. The SMILES string of the molecule is C[C@@H]1O[C@H](COC(C)(C)C)C(OC(C)(C)C)[C@H]1C. The van der Waals surface area contributed by atoms with Gasteiger partial charge in [-0.25, -0.2) is 0 Å². The average molecular weight is 258 g/mol. The Balaban J connectivity index is 2.64. The van der Waals surface area contributed by atoms with Crippen molar-refractivity contribution in [3.05, 3.63) is 0 Å². The van der Waals surface area contributed by atoms with E-state index in [-0.39, 0.29) is 29.5 Å². The van der Waals surface area contributed by atoms with Crippen LogP contribution in [0, 0.1) is 5.92 Å². The highest BCUT2D eigenvalue weighted by atomic mass is 16.6. The third-order valence-corrected chi connectivity index (χ3v) is 3.18. The molecule has 0 spiro atoms. The lowest BCUT2D eigenvalue weighted by atomic mass is 9.98. The first kappa shape index (κ1) is 15.9. The van der Waals surface area contributed by atoms with Crippen LogP contribution in [0.25, 0.3) is 0 Å². The first-order valence-electron chi connectivity index (χ1n) is 6.97. The molecule has 3 heteroatoms. The molecule has 108 valence electrons. The molecule has 0 radical (unpaired) electrons. The molecule has 0 aromatic rings. The van der Waals surface area contributed by atoms with Crippen LogP contribution in [0.1, 0.15) is 55.4 Å². The van der Waals surface area contributed by atoms with E-state index in [4.69, 9.17) is 14.2 Å². The van der Waals surface area contributed by atoms with E-state index in [2.05, 4.69) is 55.4 Å². The van der Waals surface area contributed by atoms with Gasteiger partial charge in [-0.3, -0.25) is 0 Å². The minimum atomic E-state index is -0.146. The Kier molecular flexibility index (Phi) is 4.85. The first-order valence-corrected chi connectivity index (χ1v) is 6.97. The molecular weight excluding hydrogens is 228 g/mol. The van der Waals surface area contributed by atoms with E-state index >= 15 is 0 Å². The van der Waals surface area contributed by atoms with Crippen LogP contribution in [0.3, 0.4) is 0 Å². The van der Waals surface area contributed by atoms with Crippen molar-refractivity contribution in [2.45, 2.75) is 84.9 Å². The summed E-state index contributed by atoms with van der Waals surface area (Å²) in [5.41, 5.74) is -0.281. The summed E-state index contributed by atoms with van der Waals surface area (Å²) in [6.07, 6.45) is 0.377. The Bertz CT molecular complexity index is 262. The van der Waals surface area contributed by atoms with E-state index in [1.54, 1.807) is 0 Å². The molecule has 18 heavy (non-hydrogen) atoms. The summed E-state index contributed by atoms with van der Waals surface area (Å²) in [5.74, 6) is 0.401. The van der Waals surface area contributed by atoms with Gasteiger partial charge in [0, 0.05) is 5.92 Å². The smallest absolute Gasteiger partial charge is 0.108 e. The molecule has 1 rings (SSSR count). The van der Waals surface area contributed by atoms with Crippen LogP contribution < -0.4 is 0 Å². The van der Waals surface area contributed by atoms with E-state index in [1.165, 1.54) is 0 Å². The Labute approximate surface area is 112 Å². The second-order valence-corrected chi connectivity index (χ2v) is 7.36. The topological polar surface area (TPSA) is 27.7 Å². The highest BCUT2D eigenvalue weighted by Gasteiger charge is 2.42. The van der Waals surface area contributed by atoms with Crippen LogP contribution in [0.4, 0.5) is 0 Å². The molecular formula is C15H30O3. The summed E-state index contributed by atoms with van der Waals surface area (Å²) >= 11 is 0. The maximum atomic E-state index is 6.15. The van der Waals surface area contributed by atoms with Crippen molar-refractivity contribution in [2.24, 2.45) is 5.92 Å². The van der Waals surface area contributed by atoms with Crippen LogP contribution >= 0.6 is 0 Å². The van der Waals surface area contributed by atoms with Gasteiger partial charge >= 0.3 is 0 Å². The quantitative estimate of drug-likeness (QED) is 0.776. The second kappa shape index (κ2) is 5.48. The highest BCUT2D eigenvalue weighted by molar-refractivity contribution is 4.89. The summed E-state index contributed by atoms with van der Waals surface area (Å²) in [5, 5.41) is 0. The van der Waals surface area contributed by atoms with Gasteiger partial charge in [0.25, 0.3) is 0 Å². The van der Waals surface area contributed by atoms with Crippen molar-refractivity contribution in [1.29, 1.82) is 0 Å². The zero-order valence-corrected chi connectivity index (χ0v) is 13.2. The van der Waals surface area contributed by atoms with E-state index in [0.717, 1.165) is 0 Å². The van der Waals surface area contributed by atoms with Gasteiger partial charge in [0.05, 0.1) is 30.0 Å². The zero-order chi connectivity index (χ0) is 14.1. The maximum absolute atomic E-state index is 6.15. The number of rotatable bonds is 3. The molecule has 0 N–H and O–H groups in total. The van der Waals surface area contributed by atoms with E-state index < -0.39 is 0 Å². The van der Waals surface area contributed by atoms with Gasteiger partial charge in [0.15, 0.2) is 0 Å². The Morgan fingerprint density at radius 2 is 1.50 bits per heavy atom. The first-order chi connectivity index (χ1) is 7.99. The standard InChI is InChI=1S/C15H30O3/c1-10-11(2)17-12(9-16-14(3,4)5)13(10)18-15(6,7)8/h10-13H,9H2,1-8H3/t10-,11-,12+,13?/m0/s1. The molecule has 0 aromatic heterocycles. The highest BCUT2D eigenvalue weighted by Crippen LogP contribution is 2.32. The molecule has 0 saturated carbocycles. The van der Waals surface area contributed by atoms with Crippen LogP contribution in [0.5, 0.6) is 0 Å². The monoisotopic (exact) mass is 258 g/mol. The Hall–Kier alpha value is -0.120. The maximum Gasteiger partial charge on any atom is 0.108 e. The fourth-order valence-corrected chi connectivity index (χ4v) is 2.14. The van der Waals surface area contributed by atoms with Crippen LogP contribution in [-0.4, -0.2) is 36.1 Å². The summed E-state index contributed by atoms with van der Waals surface area (Å²) in [6.45, 7) is 17.4. The van der Waals surface area contributed by atoms with E-state index in [1.807, 2.05) is 0 Å². The molecule has 4 atom stereocenters. The normalized spacial score (nSPS) is 34.0.